The third-order valence-electron chi connectivity index (χ3n) is 9.54. The molecule has 0 spiro atoms. The fraction of sp³-hybridized carbons (Fsp3) is 0. The van der Waals surface area contributed by atoms with E-state index in [4.69, 9.17) is 34.3 Å². The highest BCUT2D eigenvalue weighted by molar-refractivity contribution is 5.79. The van der Waals surface area contributed by atoms with Gasteiger partial charge in [0.15, 0.2) is 23.1 Å². The van der Waals surface area contributed by atoms with Crippen LogP contribution in [-0.2, 0) is 0 Å². The summed E-state index contributed by atoms with van der Waals surface area (Å²) in [7, 11) is 0. The van der Waals surface area contributed by atoms with Crippen LogP contribution in [0.4, 0.5) is 0 Å². The van der Waals surface area contributed by atoms with Crippen molar-refractivity contribution in [2.75, 3.05) is 0 Å². The fourth-order valence-electron chi connectivity index (χ4n) is 6.68. The summed E-state index contributed by atoms with van der Waals surface area (Å²) >= 11 is 0. The van der Waals surface area contributed by atoms with Gasteiger partial charge in [-0.15, -0.1) is 0 Å². The van der Waals surface area contributed by atoms with Crippen molar-refractivity contribution in [3.63, 3.8) is 0 Å². The number of nitrogens with zero attached hydrogens (tertiary/aromatic N) is 8. The van der Waals surface area contributed by atoms with Gasteiger partial charge in [0.2, 0.25) is 5.89 Å². The van der Waals surface area contributed by atoms with Crippen molar-refractivity contribution in [2.45, 2.75) is 0 Å². The van der Waals surface area contributed by atoms with Crippen molar-refractivity contribution in [3.05, 3.63) is 183 Å². The molecule has 0 aliphatic heterocycles. The van der Waals surface area contributed by atoms with Crippen molar-refractivity contribution < 1.29 is 4.42 Å². The summed E-state index contributed by atoms with van der Waals surface area (Å²) < 4.78 is 6.07. The summed E-state index contributed by atoms with van der Waals surface area (Å²) in [6.45, 7) is 0. The number of fused-ring (bicyclic) bond motifs is 1. The highest BCUT2D eigenvalue weighted by atomic mass is 16.3. The Morgan fingerprint density at radius 2 is 0.754 bits per heavy atom. The molecular formula is C48H30N8O. The average Bonchev–Trinajstić information content (AvgIpc) is 3.74. The molecule has 0 amide bonds. The van der Waals surface area contributed by atoms with Crippen LogP contribution < -0.4 is 0 Å². The van der Waals surface area contributed by atoms with Crippen LogP contribution in [0.15, 0.2) is 187 Å². The van der Waals surface area contributed by atoms with Gasteiger partial charge in [-0.25, -0.2) is 29.9 Å². The molecule has 0 atom stereocenters. The molecule has 10 rings (SSSR count). The number of rotatable bonds is 8. The van der Waals surface area contributed by atoms with E-state index in [1.807, 2.05) is 170 Å². The Labute approximate surface area is 327 Å². The van der Waals surface area contributed by atoms with E-state index in [9.17, 15) is 0 Å². The number of hydrogen-bond acceptors (Lipinski definition) is 9. The van der Waals surface area contributed by atoms with Crippen LogP contribution in [0.1, 0.15) is 0 Å². The number of benzene rings is 4. The maximum Gasteiger partial charge on any atom is 0.227 e. The van der Waals surface area contributed by atoms with Crippen LogP contribution in [-0.4, -0.2) is 39.9 Å². The van der Waals surface area contributed by atoms with Crippen LogP contribution in [0, 0.1) is 0 Å². The van der Waals surface area contributed by atoms with E-state index in [0.29, 0.717) is 23.4 Å². The molecule has 0 saturated carbocycles. The number of hydrogen-bond donors (Lipinski definition) is 0. The highest BCUT2D eigenvalue weighted by Crippen LogP contribution is 2.34. The van der Waals surface area contributed by atoms with Crippen molar-refractivity contribution in [3.8, 4) is 90.6 Å². The molecule has 0 unspecified atom stereocenters. The second-order valence-electron chi connectivity index (χ2n) is 13.3. The monoisotopic (exact) mass is 734 g/mol. The first kappa shape index (κ1) is 33.5. The lowest BCUT2D eigenvalue weighted by atomic mass is 10.0. The zero-order chi connectivity index (χ0) is 38.0. The van der Waals surface area contributed by atoms with E-state index in [2.05, 4.69) is 9.97 Å². The fourth-order valence-corrected chi connectivity index (χ4v) is 6.68. The van der Waals surface area contributed by atoms with E-state index >= 15 is 0 Å². The molecular weight excluding hydrogens is 705 g/mol. The van der Waals surface area contributed by atoms with Gasteiger partial charge in [0.05, 0.1) is 22.8 Å². The second-order valence-corrected chi connectivity index (χ2v) is 13.3. The summed E-state index contributed by atoms with van der Waals surface area (Å²) in [5.41, 5.74) is 11.5. The van der Waals surface area contributed by atoms with Gasteiger partial charge in [-0.3, -0.25) is 9.97 Å². The Kier molecular flexibility index (Phi) is 8.62. The predicted octanol–water partition coefficient (Wildman–Crippen LogP) is 10.9. The Morgan fingerprint density at radius 3 is 1.25 bits per heavy atom. The molecule has 268 valence electrons. The van der Waals surface area contributed by atoms with Gasteiger partial charge in [-0.2, -0.15) is 0 Å². The zero-order valence-corrected chi connectivity index (χ0v) is 30.3. The SMILES string of the molecule is c1ccc(-c2cc(-c3nc(-c4ccc(-c5nc6ccccc6o5)cc4)nc(-c4cc(-c5ccccc5)nc(-c5cccnc5)c4)n3)cc(-c3cccnc3)n2)cc1. The van der Waals surface area contributed by atoms with Crippen LogP contribution in [0.3, 0.4) is 0 Å². The lowest BCUT2D eigenvalue weighted by Crippen LogP contribution is -2.02. The second kappa shape index (κ2) is 14.7. The molecule has 0 fully saturated rings. The van der Waals surface area contributed by atoms with Crippen molar-refractivity contribution >= 4 is 11.1 Å². The van der Waals surface area contributed by atoms with E-state index in [1.165, 1.54) is 0 Å². The summed E-state index contributed by atoms with van der Waals surface area (Å²) in [5, 5.41) is 0. The molecule has 10 aromatic rings. The Balaban J connectivity index is 1.17. The topological polar surface area (TPSA) is 116 Å². The molecule has 0 aliphatic carbocycles. The molecule has 57 heavy (non-hydrogen) atoms. The lowest BCUT2D eigenvalue weighted by molar-refractivity contribution is 0.620. The Morgan fingerprint density at radius 1 is 0.316 bits per heavy atom. The van der Waals surface area contributed by atoms with Gasteiger partial charge >= 0.3 is 0 Å². The molecule has 0 saturated heterocycles. The smallest absolute Gasteiger partial charge is 0.227 e. The van der Waals surface area contributed by atoms with E-state index in [1.54, 1.807) is 12.4 Å². The standard InChI is InChI=1S/C48H30N8O/c1-3-11-31(12-4-1)40-25-37(27-42(51-40)35-15-9-23-49-29-35)46-54-45(33-19-21-34(22-20-33)48-53-39-17-7-8-18-44(39)57-48)55-47(56-46)38-26-41(32-13-5-2-6-14-32)52-43(28-38)36-16-10-24-50-30-36/h1-30H. The van der Waals surface area contributed by atoms with Crippen LogP contribution in [0.25, 0.3) is 102 Å². The molecule has 4 aromatic carbocycles. The summed E-state index contributed by atoms with van der Waals surface area (Å²) in [6, 6.07) is 51.7. The summed E-state index contributed by atoms with van der Waals surface area (Å²) in [5.74, 6) is 2.02. The average molecular weight is 735 g/mol. The maximum atomic E-state index is 6.07. The van der Waals surface area contributed by atoms with Crippen LogP contribution in [0.5, 0.6) is 0 Å². The first-order valence-corrected chi connectivity index (χ1v) is 18.4. The molecule has 6 aromatic heterocycles. The Bertz CT molecular complexity index is 2700. The minimum Gasteiger partial charge on any atom is -0.436 e. The first-order chi connectivity index (χ1) is 28.2. The number of oxazole rings is 1. The largest absolute Gasteiger partial charge is 0.436 e. The molecule has 6 heterocycles. The maximum absolute atomic E-state index is 6.07. The molecule has 0 bridgehead atoms. The van der Waals surface area contributed by atoms with Gasteiger partial charge in [-0.05, 0) is 72.8 Å². The minimum atomic E-state index is 0.490. The van der Waals surface area contributed by atoms with Crippen molar-refractivity contribution in [2.24, 2.45) is 0 Å². The van der Waals surface area contributed by atoms with E-state index in [-0.39, 0.29) is 0 Å². The third kappa shape index (κ3) is 6.92. The quantitative estimate of drug-likeness (QED) is 0.150. The lowest BCUT2D eigenvalue weighted by Gasteiger charge is -2.13. The van der Waals surface area contributed by atoms with Crippen LogP contribution in [0.2, 0.25) is 0 Å². The van der Waals surface area contributed by atoms with Gasteiger partial charge in [0.1, 0.15) is 5.52 Å². The third-order valence-corrected chi connectivity index (χ3v) is 9.54. The van der Waals surface area contributed by atoms with Gasteiger partial charge < -0.3 is 4.42 Å². The number of pyridine rings is 4. The first-order valence-electron chi connectivity index (χ1n) is 18.4. The summed E-state index contributed by atoms with van der Waals surface area (Å²) in [6.07, 6.45) is 7.13. The Hall–Kier alpha value is -8.04. The minimum absolute atomic E-state index is 0.490. The zero-order valence-electron chi connectivity index (χ0n) is 30.3. The molecule has 0 aliphatic rings. The van der Waals surface area contributed by atoms with Gasteiger partial charge in [0.25, 0.3) is 0 Å². The summed E-state index contributed by atoms with van der Waals surface area (Å²) in [4.78, 5) is 39.1. The number of aromatic nitrogens is 8. The van der Waals surface area contributed by atoms with Crippen molar-refractivity contribution in [1.29, 1.82) is 0 Å². The predicted molar refractivity (Wildman–Crippen MR) is 222 cm³/mol. The molecule has 0 radical (unpaired) electrons. The van der Waals surface area contributed by atoms with Crippen LogP contribution >= 0.6 is 0 Å². The highest BCUT2D eigenvalue weighted by Gasteiger charge is 2.18. The normalized spacial score (nSPS) is 11.2. The van der Waals surface area contributed by atoms with Gasteiger partial charge in [-0.1, -0.05) is 84.9 Å². The van der Waals surface area contributed by atoms with Crippen molar-refractivity contribution in [1.82, 2.24) is 39.9 Å². The van der Waals surface area contributed by atoms with Gasteiger partial charge in [0, 0.05) is 69.3 Å². The van der Waals surface area contributed by atoms with E-state index < -0.39 is 0 Å². The number of para-hydroxylation sites is 2. The molecule has 0 N–H and O–H groups in total. The molecule has 9 heteroatoms. The van der Waals surface area contributed by atoms with E-state index in [0.717, 1.165) is 78.4 Å². The molecule has 9 nitrogen and oxygen atoms in total.